The predicted octanol–water partition coefficient (Wildman–Crippen LogP) is 2.21. The van der Waals surface area contributed by atoms with E-state index >= 15 is 0 Å². The maximum Gasteiger partial charge on any atom is 0.340 e. The highest BCUT2D eigenvalue weighted by molar-refractivity contribution is 7.90. The van der Waals surface area contributed by atoms with Gasteiger partial charge >= 0.3 is 12.0 Å². The lowest BCUT2D eigenvalue weighted by atomic mass is 10.1. The third kappa shape index (κ3) is 5.34. The van der Waals surface area contributed by atoms with Crippen molar-refractivity contribution in [2.75, 3.05) is 24.6 Å². The number of sulfonamides is 1. The van der Waals surface area contributed by atoms with Gasteiger partial charge in [0.25, 0.3) is 15.9 Å². The molecule has 1 aromatic rings. The van der Waals surface area contributed by atoms with Crippen molar-refractivity contribution in [3.05, 3.63) is 22.7 Å². The van der Waals surface area contributed by atoms with Crippen molar-refractivity contribution in [3.8, 4) is 0 Å². The van der Waals surface area contributed by atoms with Crippen LogP contribution in [0.1, 0.15) is 49.4 Å². The Hall–Kier alpha value is -2.66. The van der Waals surface area contributed by atoms with E-state index in [2.05, 4.69) is 9.71 Å². The first-order valence-corrected chi connectivity index (χ1v) is 11.7. The summed E-state index contributed by atoms with van der Waals surface area (Å²) in [7, 11) is -4.01. The summed E-state index contributed by atoms with van der Waals surface area (Å²) in [6, 6.07) is 1.82. The first-order valence-electron chi connectivity index (χ1n) is 9.92. The van der Waals surface area contributed by atoms with E-state index in [1.54, 1.807) is 0 Å². The van der Waals surface area contributed by atoms with Gasteiger partial charge in [0.15, 0.2) is 6.61 Å². The Morgan fingerprint density at radius 1 is 1.23 bits per heavy atom. The SMILES string of the molecule is CCCNC(=O)NC(=O)COC(=O)c1cc2c(cc1Cl)N1CCCCCC1=NS2(=O)=O. The lowest BCUT2D eigenvalue weighted by Gasteiger charge is -2.30. The molecule has 2 N–H and O–H groups in total. The predicted molar refractivity (Wildman–Crippen MR) is 114 cm³/mol. The average molecular weight is 471 g/mol. The second-order valence-electron chi connectivity index (χ2n) is 7.12. The number of rotatable bonds is 5. The number of ether oxygens (including phenoxy) is 1. The molecule has 1 fully saturated rings. The smallest absolute Gasteiger partial charge is 0.340 e. The fraction of sp³-hybridized carbons (Fsp3) is 0.474. The van der Waals surface area contributed by atoms with Crippen molar-refractivity contribution >= 4 is 51.1 Å². The minimum Gasteiger partial charge on any atom is -0.452 e. The van der Waals surface area contributed by atoms with Crippen LogP contribution < -0.4 is 15.5 Å². The minimum absolute atomic E-state index is 0.00876. The summed E-state index contributed by atoms with van der Waals surface area (Å²) >= 11 is 6.25. The second-order valence-corrected chi connectivity index (χ2v) is 9.10. The third-order valence-corrected chi connectivity index (χ3v) is 6.43. The number of fused-ring (bicyclic) bond motifs is 3. The lowest BCUT2D eigenvalue weighted by molar-refractivity contribution is -0.123. The number of benzene rings is 1. The zero-order chi connectivity index (χ0) is 22.6. The molecule has 0 aliphatic carbocycles. The summed E-state index contributed by atoms with van der Waals surface area (Å²) in [5, 5.41) is 4.45. The summed E-state index contributed by atoms with van der Waals surface area (Å²) in [6.45, 7) is 2.11. The Balaban J connectivity index is 1.77. The number of hydrogen-bond acceptors (Lipinski definition) is 7. The normalized spacial score (nSPS) is 16.8. The van der Waals surface area contributed by atoms with Gasteiger partial charge in [-0.15, -0.1) is 4.40 Å². The van der Waals surface area contributed by atoms with Gasteiger partial charge in [0, 0.05) is 19.5 Å². The van der Waals surface area contributed by atoms with Crippen molar-refractivity contribution in [2.45, 2.75) is 43.9 Å². The van der Waals surface area contributed by atoms with Crippen molar-refractivity contribution in [3.63, 3.8) is 0 Å². The molecule has 3 rings (SSSR count). The zero-order valence-corrected chi connectivity index (χ0v) is 18.5. The van der Waals surface area contributed by atoms with Gasteiger partial charge < -0.3 is 15.0 Å². The number of hydrogen-bond donors (Lipinski definition) is 2. The van der Waals surface area contributed by atoms with Gasteiger partial charge in [-0.05, 0) is 31.4 Å². The molecule has 2 aliphatic heterocycles. The monoisotopic (exact) mass is 470 g/mol. The molecule has 0 aromatic heterocycles. The standard InChI is InChI=1S/C19H23ClN4O6S/c1-2-7-21-19(27)22-17(25)11-30-18(26)12-9-15-14(10-13(12)20)24-8-5-3-4-6-16(24)23-31(15,28)29/h9-10H,2-8,11H2,1H3,(H2,21,22,25,27). The molecule has 0 unspecified atom stereocenters. The van der Waals surface area contributed by atoms with Crippen LogP contribution in [0.15, 0.2) is 21.4 Å². The van der Waals surface area contributed by atoms with E-state index in [-0.39, 0.29) is 15.5 Å². The number of imide groups is 1. The molecule has 3 amide bonds. The fourth-order valence-electron chi connectivity index (χ4n) is 3.31. The summed E-state index contributed by atoms with van der Waals surface area (Å²) in [5.41, 5.74) is 0.166. The first-order chi connectivity index (χ1) is 14.7. The molecule has 1 saturated heterocycles. The first kappa shape index (κ1) is 23.0. The van der Waals surface area contributed by atoms with Crippen LogP contribution in [-0.4, -0.2) is 51.9 Å². The highest BCUT2D eigenvalue weighted by Gasteiger charge is 2.33. The van der Waals surface area contributed by atoms with Gasteiger partial charge in [0.05, 0.1) is 16.3 Å². The number of nitrogens with one attached hydrogen (secondary N) is 2. The molecule has 0 bridgehead atoms. The van der Waals surface area contributed by atoms with Gasteiger partial charge in [-0.1, -0.05) is 24.9 Å². The largest absolute Gasteiger partial charge is 0.452 e. The van der Waals surface area contributed by atoms with Gasteiger partial charge in [0.2, 0.25) is 0 Å². The summed E-state index contributed by atoms with van der Waals surface area (Å²) in [5.74, 6) is -1.35. The third-order valence-electron chi connectivity index (χ3n) is 4.78. The number of carbonyl (C=O) groups excluding carboxylic acids is 3. The van der Waals surface area contributed by atoms with Gasteiger partial charge in [-0.2, -0.15) is 8.42 Å². The maximum absolute atomic E-state index is 12.7. The van der Waals surface area contributed by atoms with Crippen LogP contribution in [0.3, 0.4) is 0 Å². The van der Waals surface area contributed by atoms with Crippen LogP contribution in [-0.2, 0) is 19.6 Å². The Morgan fingerprint density at radius 3 is 2.74 bits per heavy atom. The van der Waals surface area contributed by atoms with Crippen LogP contribution in [0, 0.1) is 0 Å². The summed E-state index contributed by atoms with van der Waals surface area (Å²) < 4.78 is 34.2. The number of anilines is 1. The van der Waals surface area contributed by atoms with E-state index in [4.69, 9.17) is 16.3 Å². The molecule has 0 atom stereocenters. The Bertz CT molecular complexity index is 1040. The van der Waals surface area contributed by atoms with Gasteiger partial charge in [-0.25, -0.2) is 9.59 Å². The Labute approximate surface area is 185 Å². The molecule has 2 heterocycles. The molecule has 1 aromatic carbocycles. The van der Waals surface area contributed by atoms with Crippen LogP contribution in [0.25, 0.3) is 0 Å². The molecular formula is C19H23ClN4O6S. The average Bonchev–Trinajstić information content (AvgIpc) is 2.95. The summed E-state index contributed by atoms with van der Waals surface area (Å²) in [4.78, 5) is 37.3. The van der Waals surface area contributed by atoms with Gasteiger partial charge in [0.1, 0.15) is 10.7 Å². The van der Waals surface area contributed by atoms with Crippen LogP contribution in [0.5, 0.6) is 0 Å². The van der Waals surface area contributed by atoms with E-state index in [1.165, 1.54) is 6.07 Å². The molecule has 0 spiro atoms. The van der Waals surface area contributed by atoms with E-state index in [9.17, 15) is 22.8 Å². The van der Waals surface area contributed by atoms with E-state index in [1.807, 2.05) is 17.1 Å². The number of amidine groups is 1. The number of halogens is 1. The number of amides is 3. The highest BCUT2D eigenvalue weighted by Crippen LogP contribution is 2.38. The molecule has 10 nitrogen and oxygen atoms in total. The van der Waals surface area contributed by atoms with Crippen molar-refractivity contribution in [1.82, 2.24) is 10.6 Å². The number of urea groups is 1. The van der Waals surface area contributed by atoms with E-state index in [0.717, 1.165) is 25.3 Å². The second kappa shape index (κ2) is 9.65. The zero-order valence-electron chi connectivity index (χ0n) is 16.9. The Kier molecular flexibility index (Phi) is 7.16. The number of esters is 1. The molecule has 0 radical (unpaired) electrons. The quantitative estimate of drug-likeness (QED) is 0.630. The summed E-state index contributed by atoms with van der Waals surface area (Å²) in [6.07, 6.45) is 3.92. The molecule has 168 valence electrons. The van der Waals surface area contributed by atoms with Gasteiger partial charge in [-0.3, -0.25) is 10.1 Å². The maximum atomic E-state index is 12.7. The highest BCUT2D eigenvalue weighted by atomic mass is 35.5. The molecule has 0 saturated carbocycles. The molecular weight excluding hydrogens is 448 g/mol. The lowest BCUT2D eigenvalue weighted by Crippen LogP contribution is -2.41. The van der Waals surface area contributed by atoms with E-state index < -0.39 is 34.5 Å². The fourth-order valence-corrected chi connectivity index (χ4v) is 4.81. The van der Waals surface area contributed by atoms with Crippen LogP contribution in [0.4, 0.5) is 10.5 Å². The van der Waals surface area contributed by atoms with E-state index in [0.29, 0.717) is 37.5 Å². The molecule has 31 heavy (non-hydrogen) atoms. The number of carbonyl (C=O) groups is 3. The van der Waals surface area contributed by atoms with Crippen molar-refractivity contribution in [1.29, 1.82) is 0 Å². The Morgan fingerprint density at radius 2 is 2.00 bits per heavy atom. The molecule has 2 aliphatic rings. The van der Waals surface area contributed by atoms with Crippen LogP contribution >= 0.6 is 11.6 Å². The minimum atomic E-state index is -4.01. The molecule has 12 heteroatoms. The number of nitrogens with zero attached hydrogens (tertiary/aromatic N) is 2. The van der Waals surface area contributed by atoms with Crippen LogP contribution in [0.2, 0.25) is 5.02 Å². The van der Waals surface area contributed by atoms with Crippen molar-refractivity contribution in [2.24, 2.45) is 4.40 Å². The topological polar surface area (TPSA) is 134 Å². The van der Waals surface area contributed by atoms with Crippen molar-refractivity contribution < 1.29 is 27.5 Å².